The summed E-state index contributed by atoms with van der Waals surface area (Å²) < 4.78 is 18.4. The third kappa shape index (κ3) is 9.65. The number of nitrogens with zero attached hydrogens (tertiary/aromatic N) is 8. The molecule has 18 aromatic carbocycles. The van der Waals surface area contributed by atoms with Crippen LogP contribution in [0.15, 0.2) is 361 Å². The van der Waals surface area contributed by atoms with Crippen LogP contribution < -0.4 is 0 Å². The molecule has 24 aromatic rings. The highest BCUT2D eigenvalue weighted by atomic mass is 16.3. The van der Waals surface area contributed by atoms with Crippen molar-refractivity contribution in [3.05, 3.63) is 352 Å². The van der Waals surface area contributed by atoms with Crippen LogP contribution in [0.1, 0.15) is 0 Å². The Bertz CT molecular complexity index is 8150. The van der Waals surface area contributed by atoms with Crippen LogP contribution >= 0.6 is 0 Å². The monoisotopic (exact) mass is 1430 g/mol. The maximum absolute atomic E-state index is 6.79. The van der Waals surface area contributed by atoms with E-state index in [1.54, 1.807) is 0 Å². The molecule has 0 saturated heterocycles. The van der Waals surface area contributed by atoms with Crippen LogP contribution in [-0.2, 0) is 0 Å². The molecule has 0 unspecified atom stereocenters. The summed E-state index contributed by atoms with van der Waals surface area (Å²) in [5.74, 6) is 3.47. The number of rotatable bonds is 9. The lowest BCUT2D eigenvalue weighted by Gasteiger charge is -2.12. The van der Waals surface area contributed by atoms with Crippen LogP contribution in [0.5, 0.6) is 0 Å². The van der Waals surface area contributed by atoms with Gasteiger partial charge >= 0.3 is 0 Å². The molecule has 24 rings (SSSR count). The maximum atomic E-state index is 6.79. The second-order valence-electron chi connectivity index (χ2n) is 29.3. The van der Waals surface area contributed by atoms with E-state index in [9.17, 15) is 0 Å². The number of fused-ring (bicyclic) bond motifs is 19. The molecule has 0 spiro atoms. The van der Waals surface area contributed by atoms with Crippen molar-refractivity contribution >= 4 is 152 Å². The highest BCUT2D eigenvalue weighted by molar-refractivity contribution is 6.23. The summed E-state index contributed by atoms with van der Waals surface area (Å²) in [6.07, 6.45) is 0. The molecule has 10 nitrogen and oxygen atoms in total. The molecule has 0 saturated carbocycles. The molecule has 0 aliphatic heterocycles. The Balaban J connectivity index is 0.621. The summed E-state index contributed by atoms with van der Waals surface area (Å²) in [5.41, 5.74) is 17.1. The zero-order valence-corrected chi connectivity index (χ0v) is 59.9. The average molecular weight is 1430 g/mol. The molecule has 0 fully saturated rings. The first-order valence-electron chi connectivity index (χ1n) is 37.8. The summed E-state index contributed by atoms with van der Waals surface area (Å²) >= 11 is 0. The number of benzene rings is 18. The van der Waals surface area contributed by atoms with Crippen LogP contribution in [0.3, 0.4) is 0 Å². The fourth-order valence-corrected chi connectivity index (χ4v) is 17.7. The van der Waals surface area contributed by atoms with Crippen molar-refractivity contribution in [1.82, 2.24) is 39.0 Å². The number of hydrogen-bond acceptors (Lipinski definition) is 8. The molecule has 0 N–H and O–H groups in total. The van der Waals surface area contributed by atoms with Gasteiger partial charge in [0.2, 0.25) is 0 Å². The first kappa shape index (κ1) is 61.8. The van der Waals surface area contributed by atoms with Crippen molar-refractivity contribution in [3.63, 3.8) is 0 Å². The Morgan fingerprint density at radius 3 is 1.13 bits per heavy atom. The van der Waals surface area contributed by atoms with E-state index >= 15 is 0 Å². The Hall–Kier alpha value is -15.3. The maximum Gasteiger partial charge on any atom is 0.164 e. The van der Waals surface area contributed by atoms with E-state index in [1.165, 1.54) is 37.7 Å². The zero-order chi connectivity index (χ0) is 73.2. The highest BCUT2D eigenvalue weighted by Gasteiger charge is 2.25. The molecular weight excluding hydrogens is 1370 g/mol. The Morgan fingerprint density at radius 2 is 0.562 bits per heavy atom. The second kappa shape index (κ2) is 24.1. The fraction of sp³-hybridized carbons (Fsp3) is 0. The predicted octanol–water partition coefficient (Wildman–Crippen LogP) is 26.6. The van der Waals surface area contributed by atoms with Crippen molar-refractivity contribution in [2.24, 2.45) is 0 Å². The van der Waals surface area contributed by atoms with Crippen molar-refractivity contribution in [1.29, 1.82) is 0 Å². The van der Waals surface area contributed by atoms with Gasteiger partial charge in [-0.3, -0.25) is 0 Å². The molecule has 0 atom stereocenters. The number of hydrogen-bond donors (Lipinski definition) is 0. The van der Waals surface area contributed by atoms with Gasteiger partial charge in [-0.25, -0.2) is 29.9 Å². The number of furan rings is 2. The fourth-order valence-electron chi connectivity index (χ4n) is 17.7. The summed E-state index contributed by atoms with van der Waals surface area (Å²) in [6.45, 7) is 0. The van der Waals surface area contributed by atoms with Gasteiger partial charge in [0.05, 0.1) is 22.1 Å². The normalized spacial score (nSPS) is 12.1. The lowest BCUT2D eigenvalue weighted by molar-refractivity contribution is 0.668. The van der Waals surface area contributed by atoms with Crippen LogP contribution in [0.25, 0.3) is 243 Å². The summed E-state index contributed by atoms with van der Waals surface area (Å²) in [7, 11) is 0. The topological polar surface area (TPSA) is 113 Å². The third-order valence-electron chi connectivity index (χ3n) is 22.9. The van der Waals surface area contributed by atoms with Gasteiger partial charge in [-0.2, -0.15) is 0 Å². The lowest BCUT2D eigenvalue weighted by atomic mass is 9.96. The van der Waals surface area contributed by atoms with Crippen molar-refractivity contribution < 1.29 is 8.83 Å². The lowest BCUT2D eigenvalue weighted by Crippen LogP contribution is -2.01. The van der Waals surface area contributed by atoms with Crippen LogP contribution in [0.4, 0.5) is 0 Å². The van der Waals surface area contributed by atoms with Crippen LogP contribution in [-0.4, -0.2) is 39.0 Å². The SMILES string of the molecule is c1ccc(-c2nc(-c3cccc4ccccc34)nc(-c3cccc4oc5ccc(-n6c7cc8ccccc8cc7c7cc8cc(-c9ccc%10c(-c%11nc(-c%12ccccc%12)nc(-c%12cccc%13oc%14ccc(-n%15c%16cc%17ccccc%17cc%16c%16ccc%17ccccc%17c%16%15)cc%14c%12%13)n%11)cccc%10c9)ccc8cc76)cc5c34)n2)cc1. The minimum absolute atomic E-state index is 0.552. The van der Waals surface area contributed by atoms with Gasteiger partial charge in [-0.15, -0.1) is 0 Å². The van der Waals surface area contributed by atoms with E-state index in [2.05, 4.69) is 300 Å². The Morgan fingerprint density at radius 1 is 0.188 bits per heavy atom. The van der Waals surface area contributed by atoms with Crippen LogP contribution in [0, 0.1) is 0 Å². The zero-order valence-electron chi connectivity index (χ0n) is 59.9. The average Bonchev–Trinajstić information content (AvgIpc) is 1.56. The quantitative estimate of drug-likeness (QED) is 0.140. The van der Waals surface area contributed by atoms with E-state index in [-0.39, 0.29) is 0 Å². The van der Waals surface area contributed by atoms with E-state index < -0.39 is 0 Å². The summed E-state index contributed by atoms with van der Waals surface area (Å²) in [5, 5.41) is 22.2. The van der Waals surface area contributed by atoms with E-state index in [1.807, 2.05) is 60.7 Å². The van der Waals surface area contributed by atoms with E-state index in [4.69, 9.17) is 38.7 Å². The van der Waals surface area contributed by atoms with Gasteiger partial charge < -0.3 is 18.0 Å². The minimum atomic E-state index is 0.552. The van der Waals surface area contributed by atoms with Crippen molar-refractivity contribution in [3.8, 4) is 90.8 Å². The number of aromatic nitrogens is 8. The third-order valence-corrected chi connectivity index (χ3v) is 22.9. The van der Waals surface area contributed by atoms with Crippen molar-refractivity contribution in [2.45, 2.75) is 0 Å². The Kier molecular flexibility index (Phi) is 13.3. The van der Waals surface area contributed by atoms with E-state index in [0.717, 1.165) is 170 Å². The largest absolute Gasteiger partial charge is 0.456 e. The molecule has 0 aliphatic carbocycles. The second-order valence-corrected chi connectivity index (χ2v) is 29.3. The molecule has 0 aliphatic rings. The molecule has 518 valence electrons. The first-order valence-corrected chi connectivity index (χ1v) is 37.8. The van der Waals surface area contributed by atoms with Gasteiger partial charge in [0, 0.05) is 93.2 Å². The van der Waals surface area contributed by atoms with Crippen molar-refractivity contribution in [2.75, 3.05) is 0 Å². The molecule has 10 heteroatoms. The summed E-state index contributed by atoms with van der Waals surface area (Å²) in [4.78, 5) is 31.9. The molecule has 112 heavy (non-hydrogen) atoms. The van der Waals surface area contributed by atoms with E-state index in [0.29, 0.717) is 34.9 Å². The van der Waals surface area contributed by atoms with Gasteiger partial charge in [0.1, 0.15) is 22.3 Å². The summed E-state index contributed by atoms with van der Waals surface area (Å²) in [6, 6.07) is 125. The molecule has 0 amide bonds. The van der Waals surface area contributed by atoms with Gasteiger partial charge in [0.15, 0.2) is 34.9 Å². The molecule has 6 heterocycles. The van der Waals surface area contributed by atoms with Gasteiger partial charge in [0.25, 0.3) is 0 Å². The van der Waals surface area contributed by atoms with Gasteiger partial charge in [-0.05, 0) is 167 Å². The highest BCUT2D eigenvalue weighted by Crippen LogP contribution is 2.46. The van der Waals surface area contributed by atoms with Crippen LogP contribution in [0.2, 0.25) is 0 Å². The standard InChI is InChI=1S/C102H58N8O2/c1-3-21-61(22-4-1)97-103-99(78-33-15-29-59-19-11-13-31-74(59)78)107-101(105-97)80-35-17-37-92-94(80)85-57-72(43-47-90(85)111-92)109-87-54-65-27-9-8-26-64(65)52-83(87)84-53-71-50-67(39-40-69(71)56-88(84)109)68-42-45-75-70(49-68)30-16-34-79(75)100-104-98(62-23-5-2-6-24-62)106-102(108-100)81-36-18-38-93-95(81)86-58-73(44-48-91(86)112-93)110-89-55-66-28-10-7-25-63(66)51-82(89)77-46-41-60-20-12-14-32-76(60)96(77)110/h1-58H. The first-order chi connectivity index (χ1) is 55.4. The van der Waals surface area contributed by atoms with Gasteiger partial charge in [-0.1, -0.05) is 255 Å². The molecular formula is C102H58N8O2. The Labute approximate surface area is 638 Å². The molecule has 6 aromatic heterocycles. The smallest absolute Gasteiger partial charge is 0.164 e. The molecule has 0 bridgehead atoms. The minimum Gasteiger partial charge on any atom is -0.456 e. The molecule has 0 radical (unpaired) electrons. The predicted molar refractivity (Wildman–Crippen MR) is 460 cm³/mol.